The van der Waals surface area contributed by atoms with Gasteiger partial charge in [-0.3, -0.25) is 4.90 Å². The molecule has 0 saturated carbocycles. The van der Waals surface area contributed by atoms with Gasteiger partial charge < -0.3 is 24.4 Å². The highest BCUT2D eigenvalue weighted by molar-refractivity contribution is 5.89. The minimum Gasteiger partial charge on any atom is -0.497 e. The number of morpholine rings is 1. The molecule has 1 unspecified atom stereocenters. The van der Waals surface area contributed by atoms with Crippen molar-refractivity contribution in [3.05, 3.63) is 60.2 Å². The van der Waals surface area contributed by atoms with Gasteiger partial charge in [0.1, 0.15) is 5.75 Å². The summed E-state index contributed by atoms with van der Waals surface area (Å²) < 4.78 is 17.5. The maximum absolute atomic E-state index is 12.9. The lowest BCUT2D eigenvalue weighted by atomic mass is 10.1. The second kappa shape index (κ2) is 9.47. The Kier molecular flexibility index (Phi) is 6.52. The van der Waals surface area contributed by atoms with Crippen molar-refractivity contribution in [1.29, 1.82) is 0 Å². The van der Waals surface area contributed by atoms with Crippen LogP contribution in [0.2, 0.25) is 0 Å². The SMILES string of the molecule is COc1cccc(NC(=O)N2CCOC3(CN(Cc4ccccc4)CCCO3)C2)c1. The van der Waals surface area contributed by atoms with E-state index in [9.17, 15) is 4.79 Å². The van der Waals surface area contributed by atoms with E-state index in [4.69, 9.17) is 14.2 Å². The average Bonchev–Trinajstić information content (AvgIpc) is 2.96. The molecular formula is C23H29N3O4. The van der Waals surface area contributed by atoms with E-state index in [-0.39, 0.29) is 6.03 Å². The van der Waals surface area contributed by atoms with Crippen LogP contribution in [-0.2, 0) is 16.0 Å². The van der Waals surface area contributed by atoms with Crippen molar-refractivity contribution >= 4 is 11.7 Å². The number of nitrogens with zero attached hydrogens (tertiary/aromatic N) is 2. The zero-order valence-corrected chi connectivity index (χ0v) is 17.4. The maximum atomic E-state index is 12.9. The maximum Gasteiger partial charge on any atom is 0.322 e. The number of anilines is 1. The van der Waals surface area contributed by atoms with Crippen LogP contribution in [0, 0.1) is 0 Å². The minimum atomic E-state index is -0.796. The standard InChI is InChI=1S/C23H29N3O4/c1-28-21-10-5-9-20(15-21)24-22(27)26-12-14-30-23(18-26)17-25(11-6-13-29-23)16-19-7-3-2-4-8-19/h2-5,7-10,15H,6,11-14,16-18H2,1H3,(H,24,27). The summed E-state index contributed by atoms with van der Waals surface area (Å²) in [6.07, 6.45) is 0.938. The summed E-state index contributed by atoms with van der Waals surface area (Å²) in [6.45, 7) is 4.40. The molecule has 2 fully saturated rings. The Morgan fingerprint density at radius 3 is 2.73 bits per heavy atom. The van der Waals surface area contributed by atoms with E-state index < -0.39 is 5.79 Å². The first-order valence-electron chi connectivity index (χ1n) is 10.4. The van der Waals surface area contributed by atoms with Gasteiger partial charge in [-0.1, -0.05) is 36.4 Å². The lowest BCUT2D eigenvalue weighted by molar-refractivity contribution is -0.260. The van der Waals surface area contributed by atoms with Gasteiger partial charge in [0.25, 0.3) is 0 Å². The first-order chi connectivity index (χ1) is 14.7. The zero-order chi connectivity index (χ0) is 20.8. The summed E-state index contributed by atoms with van der Waals surface area (Å²) in [5, 5.41) is 2.96. The predicted molar refractivity (Wildman–Crippen MR) is 115 cm³/mol. The lowest BCUT2D eigenvalue weighted by Crippen LogP contribution is -2.59. The number of ether oxygens (including phenoxy) is 3. The van der Waals surface area contributed by atoms with E-state index in [1.165, 1.54) is 5.56 Å². The second-order valence-electron chi connectivity index (χ2n) is 7.74. The molecule has 1 N–H and O–H groups in total. The van der Waals surface area contributed by atoms with Gasteiger partial charge in [-0.2, -0.15) is 0 Å². The number of nitrogens with one attached hydrogen (secondary N) is 1. The van der Waals surface area contributed by atoms with Crippen LogP contribution >= 0.6 is 0 Å². The third-order valence-electron chi connectivity index (χ3n) is 5.46. The summed E-state index contributed by atoms with van der Waals surface area (Å²) in [4.78, 5) is 17.0. The normalized spacial score (nSPS) is 22.5. The van der Waals surface area contributed by atoms with Crippen molar-refractivity contribution < 1.29 is 19.0 Å². The van der Waals surface area contributed by atoms with Gasteiger partial charge in [0, 0.05) is 31.4 Å². The van der Waals surface area contributed by atoms with Gasteiger partial charge in [-0.25, -0.2) is 4.79 Å². The topological polar surface area (TPSA) is 63.3 Å². The summed E-state index contributed by atoms with van der Waals surface area (Å²) in [7, 11) is 1.61. The molecule has 2 amide bonds. The Balaban J connectivity index is 1.42. The van der Waals surface area contributed by atoms with Gasteiger partial charge in [0.2, 0.25) is 0 Å². The van der Waals surface area contributed by atoms with Crippen LogP contribution in [0.3, 0.4) is 0 Å². The molecule has 0 bridgehead atoms. The Labute approximate surface area is 177 Å². The molecule has 0 radical (unpaired) electrons. The molecule has 2 aromatic rings. The molecular weight excluding hydrogens is 382 g/mol. The van der Waals surface area contributed by atoms with Crippen molar-refractivity contribution in [2.24, 2.45) is 0 Å². The fourth-order valence-electron chi connectivity index (χ4n) is 4.01. The van der Waals surface area contributed by atoms with E-state index >= 15 is 0 Å². The third-order valence-corrected chi connectivity index (χ3v) is 5.46. The van der Waals surface area contributed by atoms with E-state index in [0.717, 1.165) is 19.5 Å². The molecule has 7 heteroatoms. The highest BCUT2D eigenvalue weighted by atomic mass is 16.7. The van der Waals surface area contributed by atoms with Crippen LogP contribution in [-0.4, -0.2) is 68.1 Å². The molecule has 2 saturated heterocycles. The van der Waals surface area contributed by atoms with Crippen molar-refractivity contribution in [2.45, 2.75) is 18.8 Å². The van der Waals surface area contributed by atoms with Crippen LogP contribution in [0.5, 0.6) is 5.75 Å². The highest BCUT2D eigenvalue weighted by Gasteiger charge is 2.42. The molecule has 0 aromatic heterocycles. The van der Waals surface area contributed by atoms with Gasteiger partial charge >= 0.3 is 6.03 Å². The van der Waals surface area contributed by atoms with Crippen molar-refractivity contribution in [1.82, 2.24) is 9.80 Å². The van der Waals surface area contributed by atoms with Crippen LogP contribution in [0.4, 0.5) is 10.5 Å². The van der Waals surface area contributed by atoms with Crippen LogP contribution in [0.25, 0.3) is 0 Å². The Morgan fingerprint density at radius 1 is 1.07 bits per heavy atom. The smallest absolute Gasteiger partial charge is 0.322 e. The quantitative estimate of drug-likeness (QED) is 0.837. The number of hydrogen-bond acceptors (Lipinski definition) is 5. The number of carbonyl (C=O) groups is 1. The molecule has 0 aliphatic carbocycles. The first-order valence-corrected chi connectivity index (χ1v) is 10.4. The summed E-state index contributed by atoms with van der Waals surface area (Å²) in [5.41, 5.74) is 1.96. The number of benzene rings is 2. The monoisotopic (exact) mass is 411 g/mol. The second-order valence-corrected chi connectivity index (χ2v) is 7.74. The van der Waals surface area contributed by atoms with Crippen molar-refractivity contribution in [2.75, 3.05) is 51.8 Å². The van der Waals surface area contributed by atoms with Crippen molar-refractivity contribution in [3.63, 3.8) is 0 Å². The summed E-state index contributed by atoms with van der Waals surface area (Å²) in [6, 6.07) is 17.6. The first kappa shape index (κ1) is 20.7. The average molecular weight is 412 g/mol. The predicted octanol–water partition coefficient (Wildman–Crippen LogP) is 3.18. The molecule has 4 rings (SSSR count). The molecule has 7 nitrogen and oxygen atoms in total. The molecule has 1 spiro atoms. The number of carbonyl (C=O) groups excluding carboxylic acids is 1. The molecule has 1 atom stereocenters. The van der Waals surface area contributed by atoms with E-state index in [1.54, 1.807) is 18.1 Å². The number of hydrogen-bond donors (Lipinski definition) is 1. The fourth-order valence-corrected chi connectivity index (χ4v) is 4.01. The van der Waals surface area contributed by atoms with Gasteiger partial charge in [-0.05, 0) is 24.1 Å². The molecule has 30 heavy (non-hydrogen) atoms. The molecule has 2 aliphatic rings. The molecule has 2 heterocycles. The molecule has 2 aliphatic heterocycles. The van der Waals surface area contributed by atoms with Crippen LogP contribution in [0.1, 0.15) is 12.0 Å². The van der Waals surface area contributed by atoms with E-state index in [1.807, 2.05) is 24.3 Å². The van der Waals surface area contributed by atoms with Gasteiger partial charge in [0.15, 0.2) is 5.79 Å². The van der Waals surface area contributed by atoms with Gasteiger partial charge in [-0.15, -0.1) is 0 Å². The van der Waals surface area contributed by atoms with Crippen molar-refractivity contribution in [3.8, 4) is 5.75 Å². The molecule has 160 valence electrons. The summed E-state index contributed by atoms with van der Waals surface area (Å²) in [5.74, 6) is -0.0928. The van der Waals surface area contributed by atoms with Crippen LogP contribution in [0.15, 0.2) is 54.6 Å². The fraction of sp³-hybridized carbons (Fsp3) is 0.435. The molecule has 2 aromatic carbocycles. The number of urea groups is 1. The minimum absolute atomic E-state index is 0.159. The zero-order valence-electron chi connectivity index (χ0n) is 17.4. The Hall–Kier alpha value is -2.61. The van der Waals surface area contributed by atoms with E-state index in [2.05, 4.69) is 34.5 Å². The number of methoxy groups -OCH3 is 1. The Bertz CT molecular complexity index is 847. The lowest BCUT2D eigenvalue weighted by Gasteiger charge is -2.43. The van der Waals surface area contributed by atoms with E-state index in [0.29, 0.717) is 44.3 Å². The van der Waals surface area contributed by atoms with Gasteiger partial charge in [0.05, 0.1) is 33.4 Å². The largest absolute Gasteiger partial charge is 0.497 e. The summed E-state index contributed by atoms with van der Waals surface area (Å²) >= 11 is 0. The Morgan fingerprint density at radius 2 is 1.90 bits per heavy atom. The highest BCUT2D eigenvalue weighted by Crippen LogP contribution is 2.26. The number of rotatable bonds is 4. The number of amides is 2. The van der Waals surface area contributed by atoms with Crippen LogP contribution < -0.4 is 10.1 Å². The third kappa shape index (κ3) is 5.11.